The van der Waals surface area contributed by atoms with Gasteiger partial charge in [-0.15, -0.1) is 11.3 Å². The maximum absolute atomic E-state index is 12.8. The Morgan fingerprint density at radius 3 is 2.73 bits per heavy atom. The van der Waals surface area contributed by atoms with Crippen LogP contribution in [0.1, 0.15) is 27.6 Å². The molecule has 0 aliphatic heterocycles. The second-order valence-corrected chi connectivity index (χ2v) is 8.76. The first-order valence-corrected chi connectivity index (χ1v) is 10.2. The number of nitrogens with two attached hydrogens (primary N) is 1. The number of carbonyl (C=O) groups is 1. The van der Waals surface area contributed by atoms with Gasteiger partial charge in [0, 0.05) is 30.0 Å². The Kier molecular flexibility index (Phi) is 6.20. The fourth-order valence-electron chi connectivity index (χ4n) is 2.83. The summed E-state index contributed by atoms with van der Waals surface area (Å²) in [6, 6.07) is 9.29. The minimum atomic E-state index is -0.135. The predicted octanol–water partition coefficient (Wildman–Crippen LogP) is 5.53. The number of benzene rings is 1. The number of halogens is 3. The van der Waals surface area contributed by atoms with Crippen molar-refractivity contribution in [1.82, 2.24) is 9.78 Å². The van der Waals surface area contributed by atoms with Crippen LogP contribution in [-0.4, -0.2) is 22.1 Å². The number of aryl methyl sites for hydroxylation is 1. The average molecular weight is 473 g/mol. The Balaban J connectivity index is 1.87. The normalized spacial score (nSPS) is 12.3. The lowest BCUT2D eigenvalue weighted by atomic mass is 9.93. The third-order valence-electron chi connectivity index (χ3n) is 4.17. The van der Waals surface area contributed by atoms with Crippen LogP contribution in [0.4, 0.5) is 0 Å². The second kappa shape index (κ2) is 8.23. The molecule has 3 rings (SSSR count). The Labute approximate surface area is 174 Å². The molecule has 0 spiro atoms. The summed E-state index contributed by atoms with van der Waals surface area (Å²) >= 11 is 17.4. The maximum atomic E-state index is 12.8. The quantitative estimate of drug-likeness (QED) is 0.479. The number of Topliss-reactive ketones (excluding diaryl/α,β-unsaturated/α-hetero) is 1. The molecule has 0 radical (unpaired) electrons. The third-order valence-corrected chi connectivity index (χ3v) is 6.50. The first kappa shape index (κ1) is 19.6. The van der Waals surface area contributed by atoms with E-state index in [1.165, 1.54) is 11.3 Å². The number of carbonyl (C=O) groups excluding carboxylic acids is 1. The standard InChI is InChI=1S/C18H16BrCl2N3OS/c1-24-17(13(19)9-23-24)12-7-16(26-18(12)21)15(25)6-10(8-22)11-4-2-3-5-14(11)20/h2-5,7,9-10H,6,8,22H2,1H3. The number of ketones is 1. The fraction of sp³-hybridized carbons (Fsp3) is 0.222. The molecule has 3 aromatic rings. The lowest BCUT2D eigenvalue weighted by molar-refractivity contribution is 0.0978. The zero-order valence-electron chi connectivity index (χ0n) is 13.9. The molecule has 0 fully saturated rings. The van der Waals surface area contributed by atoms with Gasteiger partial charge < -0.3 is 5.73 Å². The highest BCUT2D eigenvalue weighted by Crippen LogP contribution is 2.39. The molecule has 26 heavy (non-hydrogen) atoms. The third kappa shape index (κ3) is 3.89. The number of aromatic nitrogens is 2. The van der Waals surface area contributed by atoms with Crippen LogP contribution in [-0.2, 0) is 7.05 Å². The van der Waals surface area contributed by atoms with Crippen molar-refractivity contribution in [3.05, 3.63) is 60.8 Å². The van der Waals surface area contributed by atoms with Crippen LogP contribution in [0.25, 0.3) is 11.3 Å². The number of hydrogen-bond donors (Lipinski definition) is 1. The predicted molar refractivity (Wildman–Crippen MR) is 111 cm³/mol. The van der Waals surface area contributed by atoms with Crippen LogP contribution in [0.5, 0.6) is 0 Å². The van der Waals surface area contributed by atoms with Gasteiger partial charge in [0.15, 0.2) is 5.78 Å². The van der Waals surface area contributed by atoms with E-state index in [4.69, 9.17) is 28.9 Å². The van der Waals surface area contributed by atoms with Crippen molar-refractivity contribution in [3.8, 4) is 11.3 Å². The van der Waals surface area contributed by atoms with Crippen molar-refractivity contribution in [3.63, 3.8) is 0 Å². The Morgan fingerprint density at radius 1 is 1.38 bits per heavy atom. The van der Waals surface area contributed by atoms with E-state index in [0.29, 0.717) is 20.8 Å². The fourth-order valence-corrected chi connectivity index (χ4v) is 4.91. The van der Waals surface area contributed by atoms with Gasteiger partial charge in [-0.1, -0.05) is 41.4 Å². The lowest BCUT2D eigenvalue weighted by Gasteiger charge is -2.15. The van der Waals surface area contributed by atoms with Gasteiger partial charge in [0.2, 0.25) is 0 Å². The average Bonchev–Trinajstić information content (AvgIpc) is 3.15. The topological polar surface area (TPSA) is 60.9 Å². The van der Waals surface area contributed by atoms with Gasteiger partial charge in [0.05, 0.1) is 21.2 Å². The maximum Gasteiger partial charge on any atom is 0.173 e. The van der Waals surface area contributed by atoms with E-state index < -0.39 is 0 Å². The molecule has 2 N–H and O–H groups in total. The molecule has 0 saturated carbocycles. The summed E-state index contributed by atoms with van der Waals surface area (Å²) < 4.78 is 3.10. The smallest absolute Gasteiger partial charge is 0.173 e. The van der Waals surface area contributed by atoms with E-state index in [9.17, 15) is 4.79 Å². The van der Waals surface area contributed by atoms with Crippen molar-refractivity contribution in [2.45, 2.75) is 12.3 Å². The first-order chi connectivity index (χ1) is 12.4. The highest BCUT2D eigenvalue weighted by atomic mass is 79.9. The molecule has 0 bridgehead atoms. The van der Waals surface area contributed by atoms with E-state index >= 15 is 0 Å². The number of rotatable bonds is 6. The number of hydrogen-bond acceptors (Lipinski definition) is 4. The molecule has 136 valence electrons. The lowest BCUT2D eigenvalue weighted by Crippen LogP contribution is -2.16. The van der Waals surface area contributed by atoms with E-state index in [0.717, 1.165) is 21.3 Å². The van der Waals surface area contributed by atoms with Gasteiger partial charge >= 0.3 is 0 Å². The summed E-state index contributed by atoms with van der Waals surface area (Å²) in [5.74, 6) is -0.138. The van der Waals surface area contributed by atoms with Crippen molar-refractivity contribution >= 4 is 56.3 Å². The molecule has 0 aliphatic rings. The molecule has 4 nitrogen and oxygen atoms in total. The largest absolute Gasteiger partial charge is 0.330 e. The summed E-state index contributed by atoms with van der Waals surface area (Å²) in [5.41, 5.74) is 8.42. The Bertz CT molecular complexity index is 934. The van der Waals surface area contributed by atoms with Gasteiger partial charge in [-0.3, -0.25) is 9.48 Å². The van der Waals surface area contributed by atoms with E-state index in [-0.39, 0.29) is 18.1 Å². The van der Waals surface area contributed by atoms with Crippen molar-refractivity contribution in [2.75, 3.05) is 6.54 Å². The highest BCUT2D eigenvalue weighted by Gasteiger charge is 2.22. The molecule has 2 heterocycles. The van der Waals surface area contributed by atoms with Gasteiger partial charge in [-0.05, 0) is 40.2 Å². The minimum Gasteiger partial charge on any atom is -0.330 e. The second-order valence-electron chi connectivity index (χ2n) is 5.84. The van der Waals surface area contributed by atoms with Gasteiger partial charge in [0.1, 0.15) is 4.34 Å². The van der Waals surface area contributed by atoms with Gasteiger partial charge in [-0.2, -0.15) is 5.10 Å². The van der Waals surface area contributed by atoms with Crippen LogP contribution in [0, 0.1) is 0 Å². The molecular formula is C18H16BrCl2N3OS. The molecule has 0 amide bonds. The van der Waals surface area contributed by atoms with Gasteiger partial charge in [0.25, 0.3) is 0 Å². The van der Waals surface area contributed by atoms with Crippen LogP contribution in [0.3, 0.4) is 0 Å². The van der Waals surface area contributed by atoms with Crippen LogP contribution >= 0.6 is 50.5 Å². The summed E-state index contributed by atoms with van der Waals surface area (Å²) in [6.45, 7) is 0.342. The highest BCUT2D eigenvalue weighted by molar-refractivity contribution is 9.10. The SMILES string of the molecule is Cn1ncc(Br)c1-c1cc(C(=O)CC(CN)c2ccccc2Cl)sc1Cl. The molecule has 0 aliphatic carbocycles. The van der Waals surface area contributed by atoms with E-state index in [1.807, 2.05) is 37.4 Å². The molecular weight excluding hydrogens is 457 g/mol. The van der Waals surface area contributed by atoms with Crippen molar-refractivity contribution in [2.24, 2.45) is 12.8 Å². The molecule has 1 atom stereocenters. The molecule has 1 unspecified atom stereocenters. The summed E-state index contributed by atoms with van der Waals surface area (Å²) in [6.07, 6.45) is 1.98. The Hall–Kier alpha value is -1.18. The molecule has 0 saturated heterocycles. The van der Waals surface area contributed by atoms with Gasteiger partial charge in [-0.25, -0.2) is 0 Å². The van der Waals surface area contributed by atoms with Crippen LogP contribution in [0.15, 0.2) is 41.0 Å². The monoisotopic (exact) mass is 471 g/mol. The number of nitrogens with zero attached hydrogens (tertiary/aromatic N) is 2. The molecule has 1 aromatic carbocycles. The summed E-state index contributed by atoms with van der Waals surface area (Å²) in [7, 11) is 1.83. The van der Waals surface area contributed by atoms with E-state index in [1.54, 1.807) is 10.9 Å². The van der Waals surface area contributed by atoms with Crippen molar-refractivity contribution in [1.29, 1.82) is 0 Å². The van der Waals surface area contributed by atoms with E-state index in [2.05, 4.69) is 21.0 Å². The minimum absolute atomic E-state index is 0.00295. The zero-order valence-corrected chi connectivity index (χ0v) is 17.8. The molecule has 8 heteroatoms. The summed E-state index contributed by atoms with van der Waals surface area (Å²) in [5, 5.41) is 4.82. The zero-order chi connectivity index (χ0) is 18.8. The number of thiophene rings is 1. The Morgan fingerprint density at radius 2 is 2.12 bits per heavy atom. The summed E-state index contributed by atoms with van der Waals surface area (Å²) in [4.78, 5) is 13.4. The van der Waals surface area contributed by atoms with Crippen LogP contribution < -0.4 is 5.73 Å². The van der Waals surface area contributed by atoms with Crippen LogP contribution in [0.2, 0.25) is 9.36 Å². The molecule has 2 aromatic heterocycles. The van der Waals surface area contributed by atoms with Crippen molar-refractivity contribution < 1.29 is 4.79 Å². The first-order valence-electron chi connectivity index (χ1n) is 7.87.